The summed E-state index contributed by atoms with van der Waals surface area (Å²) >= 11 is 0. The van der Waals surface area contributed by atoms with Crippen LogP contribution in [-0.2, 0) is 0 Å². The lowest BCUT2D eigenvalue weighted by Crippen LogP contribution is -2.10. The number of anilines is 1. The first-order valence-corrected chi connectivity index (χ1v) is 5.31. The second-order valence-electron chi connectivity index (χ2n) is 3.58. The molecule has 17 heavy (non-hydrogen) atoms. The topological polar surface area (TPSA) is 64.3 Å². The molecule has 0 spiro atoms. The molecular weight excluding hydrogens is 220 g/mol. The van der Waals surface area contributed by atoms with Crippen LogP contribution in [0.5, 0.6) is 5.75 Å². The van der Waals surface area contributed by atoms with Crippen molar-refractivity contribution >= 4 is 5.95 Å². The molecule has 2 aromatic rings. The van der Waals surface area contributed by atoms with Gasteiger partial charge in [-0.3, -0.25) is 0 Å². The van der Waals surface area contributed by atoms with Crippen LogP contribution in [0.1, 0.15) is 6.92 Å². The highest BCUT2D eigenvalue weighted by molar-refractivity contribution is 5.58. The van der Waals surface area contributed by atoms with Gasteiger partial charge in [0, 0.05) is 20.3 Å². The summed E-state index contributed by atoms with van der Waals surface area (Å²) in [7, 11) is 3.69. The number of ether oxygens (including phenoxy) is 1. The zero-order valence-electron chi connectivity index (χ0n) is 10.0. The van der Waals surface area contributed by atoms with Crippen LogP contribution in [-0.4, -0.2) is 35.8 Å². The minimum Gasteiger partial charge on any atom is -0.491 e. The van der Waals surface area contributed by atoms with Gasteiger partial charge >= 0.3 is 0 Å². The van der Waals surface area contributed by atoms with E-state index < -0.39 is 0 Å². The summed E-state index contributed by atoms with van der Waals surface area (Å²) < 4.78 is 10.6. The molecule has 6 nitrogen and oxygen atoms in total. The van der Waals surface area contributed by atoms with Crippen molar-refractivity contribution in [3.05, 3.63) is 18.3 Å². The van der Waals surface area contributed by atoms with Crippen LogP contribution in [0.3, 0.4) is 0 Å². The molecule has 0 aliphatic heterocycles. The zero-order chi connectivity index (χ0) is 12.3. The molecule has 2 aromatic heterocycles. The smallest absolute Gasteiger partial charge is 0.281 e. The van der Waals surface area contributed by atoms with Crippen molar-refractivity contribution < 1.29 is 9.26 Å². The fourth-order valence-corrected chi connectivity index (χ4v) is 1.32. The molecule has 0 fully saturated rings. The van der Waals surface area contributed by atoms with Crippen molar-refractivity contribution in [2.45, 2.75) is 6.92 Å². The van der Waals surface area contributed by atoms with E-state index >= 15 is 0 Å². The Labute approximate surface area is 99.2 Å². The predicted molar refractivity (Wildman–Crippen MR) is 63.0 cm³/mol. The van der Waals surface area contributed by atoms with Crippen molar-refractivity contribution in [2.24, 2.45) is 0 Å². The van der Waals surface area contributed by atoms with Gasteiger partial charge in [-0.25, -0.2) is 4.98 Å². The molecule has 0 aliphatic rings. The third-order valence-corrected chi connectivity index (χ3v) is 2.09. The fourth-order valence-electron chi connectivity index (χ4n) is 1.32. The van der Waals surface area contributed by atoms with Gasteiger partial charge in [0.15, 0.2) is 11.4 Å². The quantitative estimate of drug-likeness (QED) is 0.800. The maximum absolute atomic E-state index is 5.46. The van der Waals surface area contributed by atoms with Gasteiger partial charge in [-0.15, -0.1) is 0 Å². The van der Waals surface area contributed by atoms with Crippen LogP contribution in [0.15, 0.2) is 22.9 Å². The predicted octanol–water partition coefficient (Wildman–Crippen LogP) is 1.60. The number of hydrogen-bond acceptors (Lipinski definition) is 6. The molecule has 2 heterocycles. The van der Waals surface area contributed by atoms with Crippen molar-refractivity contribution in [2.75, 3.05) is 25.6 Å². The summed E-state index contributed by atoms with van der Waals surface area (Å²) in [6.07, 6.45) is 1.66. The molecule has 0 radical (unpaired) electrons. The van der Waals surface area contributed by atoms with E-state index in [1.165, 1.54) is 0 Å². The van der Waals surface area contributed by atoms with E-state index in [0.717, 1.165) is 0 Å². The Morgan fingerprint density at radius 3 is 2.88 bits per heavy atom. The van der Waals surface area contributed by atoms with Crippen molar-refractivity contribution in [1.29, 1.82) is 0 Å². The van der Waals surface area contributed by atoms with Crippen molar-refractivity contribution in [1.82, 2.24) is 15.1 Å². The van der Waals surface area contributed by atoms with E-state index in [0.29, 0.717) is 29.9 Å². The second kappa shape index (κ2) is 4.82. The van der Waals surface area contributed by atoms with Gasteiger partial charge in [-0.1, -0.05) is 0 Å². The normalized spacial score (nSPS) is 10.3. The number of hydrogen-bond donors (Lipinski definition) is 0. The first kappa shape index (κ1) is 11.4. The van der Waals surface area contributed by atoms with Crippen molar-refractivity contribution in [3.8, 4) is 17.3 Å². The SMILES string of the molecule is CCOc1cccnc1-c1nc(N(C)C)no1. The fraction of sp³-hybridized carbons (Fsp3) is 0.364. The molecule has 0 aliphatic carbocycles. The molecule has 6 heteroatoms. The summed E-state index contributed by atoms with van der Waals surface area (Å²) in [5.41, 5.74) is 0.565. The highest BCUT2D eigenvalue weighted by atomic mass is 16.5. The largest absolute Gasteiger partial charge is 0.491 e. The van der Waals surface area contributed by atoms with Crippen LogP contribution in [0, 0.1) is 0 Å². The van der Waals surface area contributed by atoms with Gasteiger partial charge in [0.1, 0.15) is 0 Å². The number of aromatic nitrogens is 3. The molecule has 2 rings (SSSR count). The van der Waals surface area contributed by atoms with Gasteiger partial charge in [0.2, 0.25) is 0 Å². The van der Waals surface area contributed by atoms with Gasteiger partial charge < -0.3 is 14.2 Å². The van der Waals surface area contributed by atoms with Gasteiger partial charge in [-0.2, -0.15) is 4.98 Å². The Hall–Kier alpha value is -2.11. The lowest BCUT2D eigenvalue weighted by atomic mass is 10.3. The molecule has 0 N–H and O–H groups in total. The molecule has 0 bridgehead atoms. The highest BCUT2D eigenvalue weighted by Crippen LogP contribution is 2.26. The third-order valence-electron chi connectivity index (χ3n) is 2.09. The maximum atomic E-state index is 5.46. The minimum atomic E-state index is 0.359. The monoisotopic (exact) mass is 234 g/mol. The minimum absolute atomic E-state index is 0.359. The maximum Gasteiger partial charge on any atom is 0.281 e. The van der Waals surface area contributed by atoms with E-state index in [-0.39, 0.29) is 0 Å². The molecule has 0 saturated carbocycles. The summed E-state index contributed by atoms with van der Waals surface area (Å²) in [6, 6.07) is 3.63. The lowest BCUT2D eigenvalue weighted by Gasteiger charge is -2.05. The lowest BCUT2D eigenvalue weighted by molar-refractivity contribution is 0.337. The molecule has 0 atom stereocenters. The number of pyridine rings is 1. The standard InChI is InChI=1S/C11H14N4O2/c1-4-16-8-6-5-7-12-9(8)10-13-11(14-17-10)15(2)3/h5-7H,4H2,1-3H3. The van der Waals surface area contributed by atoms with Crippen LogP contribution < -0.4 is 9.64 Å². The highest BCUT2D eigenvalue weighted by Gasteiger charge is 2.15. The Bertz CT molecular complexity index is 496. The summed E-state index contributed by atoms with van der Waals surface area (Å²) in [5, 5.41) is 3.84. The summed E-state index contributed by atoms with van der Waals surface area (Å²) in [6.45, 7) is 2.48. The molecule has 0 saturated heterocycles. The molecular formula is C11H14N4O2. The van der Waals surface area contributed by atoms with Gasteiger partial charge in [-0.05, 0) is 24.2 Å². The number of nitrogens with zero attached hydrogens (tertiary/aromatic N) is 4. The Kier molecular flexibility index (Phi) is 3.22. The van der Waals surface area contributed by atoms with E-state index in [4.69, 9.17) is 9.26 Å². The second-order valence-corrected chi connectivity index (χ2v) is 3.58. The molecule has 0 amide bonds. The van der Waals surface area contributed by atoms with Crippen LogP contribution in [0.4, 0.5) is 5.95 Å². The molecule has 90 valence electrons. The Morgan fingerprint density at radius 1 is 1.41 bits per heavy atom. The van der Waals surface area contributed by atoms with Crippen LogP contribution >= 0.6 is 0 Å². The zero-order valence-corrected chi connectivity index (χ0v) is 10.0. The Morgan fingerprint density at radius 2 is 2.24 bits per heavy atom. The summed E-state index contributed by atoms with van der Waals surface area (Å²) in [4.78, 5) is 10.2. The Balaban J connectivity index is 2.38. The average Bonchev–Trinajstić information content (AvgIpc) is 2.79. The third kappa shape index (κ3) is 2.35. The molecule has 0 unspecified atom stereocenters. The van der Waals surface area contributed by atoms with Crippen LogP contribution in [0.25, 0.3) is 11.6 Å². The van der Waals surface area contributed by atoms with Crippen molar-refractivity contribution in [3.63, 3.8) is 0 Å². The first-order valence-electron chi connectivity index (χ1n) is 5.31. The number of rotatable bonds is 4. The first-order chi connectivity index (χ1) is 8.22. The van der Waals surface area contributed by atoms with Gasteiger partial charge in [0.05, 0.1) is 6.61 Å². The van der Waals surface area contributed by atoms with E-state index in [2.05, 4.69) is 15.1 Å². The van der Waals surface area contributed by atoms with Crippen LogP contribution in [0.2, 0.25) is 0 Å². The summed E-state index contributed by atoms with van der Waals surface area (Å²) in [5.74, 6) is 1.51. The average molecular weight is 234 g/mol. The van der Waals surface area contributed by atoms with E-state index in [9.17, 15) is 0 Å². The van der Waals surface area contributed by atoms with E-state index in [1.807, 2.05) is 27.1 Å². The van der Waals surface area contributed by atoms with Gasteiger partial charge in [0.25, 0.3) is 11.8 Å². The van der Waals surface area contributed by atoms with E-state index in [1.54, 1.807) is 17.2 Å². The molecule has 0 aromatic carbocycles.